The Morgan fingerprint density at radius 2 is 1.71 bits per heavy atom. The summed E-state index contributed by atoms with van der Waals surface area (Å²) >= 11 is 0. The van der Waals surface area contributed by atoms with Crippen molar-refractivity contribution < 1.29 is 18.7 Å². The number of nitrogens with zero attached hydrogens (tertiary/aromatic N) is 2. The number of carbonyl (C=O) groups is 1. The van der Waals surface area contributed by atoms with Crippen LogP contribution in [0.25, 0.3) is 11.0 Å². The van der Waals surface area contributed by atoms with Crippen molar-refractivity contribution in [3.8, 4) is 11.5 Å². The monoisotopic (exact) mass is 478 g/mol. The first-order valence-electron chi connectivity index (χ1n) is 12.3. The van der Waals surface area contributed by atoms with Crippen LogP contribution >= 0.6 is 0 Å². The third kappa shape index (κ3) is 4.91. The fourth-order valence-electron chi connectivity index (χ4n) is 4.71. The van der Waals surface area contributed by atoms with Crippen LogP contribution in [-0.2, 0) is 0 Å². The molecule has 3 aromatic rings. The van der Waals surface area contributed by atoms with Crippen molar-refractivity contribution in [3.63, 3.8) is 0 Å². The lowest BCUT2D eigenvalue weighted by Crippen LogP contribution is -2.33. The first-order chi connectivity index (χ1) is 16.9. The highest BCUT2D eigenvalue weighted by Crippen LogP contribution is 2.39. The Labute approximate surface area is 206 Å². The van der Waals surface area contributed by atoms with E-state index in [0.29, 0.717) is 28.8 Å². The number of hydrogen-bond acceptors (Lipinski definition) is 6. The van der Waals surface area contributed by atoms with E-state index in [-0.39, 0.29) is 23.2 Å². The quantitative estimate of drug-likeness (QED) is 0.414. The van der Waals surface area contributed by atoms with Gasteiger partial charge in [-0.05, 0) is 69.7 Å². The number of fused-ring (bicyclic) bond motifs is 2. The van der Waals surface area contributed by atoms with Crippen molar-refractivity contribution in [3.05, 3.63) is 69.6 Å². The van der Waals surface area contributed by atoms with Crippen molar-refractivity contribution in [2.45, 2.75) is 46.3 Å². The van der Waals surface area contributed by atoms with Gasteiger partial charge in [-0.2, -0.15) is 0 Å². The third-order valence-corrected chi connectivity index (χ3v) is 6.51. The maximum atomic E-state index is 13.7. The van der Waals surface area contributed by atoms with Crippen molar-refractivity contribution in [1.82, 2.24) is 9.80 Å². The zero-order chi connectivity index (χ0) is 25.1. The van der Waals surface area contributed by atoms with E-state index >= 15 is 0 Å². The summed E-state index contributed by atoms with van der Waals surface area (Å²) in [4.78, 5) is 31.3. The second kappa shape index (κ2) is 10.5. The molecule has 1 aliphatic heterocycles. The molecule has 0 spiro atoms. The van der Waals surface area contributed by atoms with Crippen LogP contribution in [-0.4, -0.2) is 55.1 Å². The molecule has 0 aliphatic carbocycles. The van der Waals surface area contributed by atoms with Crippen molar-refractivity contribution >= 4 is 16.9 Å². The molecular weight excluding hydrogens is 444 g/mol. The predicted molar refractivity (Wildman–Crippen MR) is 137 cm³/mol. The molecule has 0 saturated carbocycles. The number of methoxy groups -OCH3 is 1. The van der Waals surface area contributed by atoms with Gasteiger partial charge in [-0.15, -0.1) is 0 Å². The zero-order valence-electron chi connectivity index (χ0n) is 21.2. The summed E-state index contributed by atoms with van der Waals surface area (Å²) in [6, 6.07) is 12.2. The molecule has 7 nitrogen and oxygen atoms in total. The smallest absolute Gasteiger partial charge is 0.290 e. The Hall–Kier alpha value is -3.32. The third-order valence-electron chi connectivity index (χ3n) is 6.51. The molecule has 1 aliphatic rings. The van der Waals surface area contributed by atoms with Gasteiger partial charge in [0.25, 0.3) is 5.91 Å². The van der Waals surface area contributed by atoms with E-state index < -0.39 is 6.04 Å². The molecular formula is C28H34N2O5. The van der Waals surface area contributed by atoms with Gasteiger partial charge in [-0.1, -0.05) is 26.0 Å². The molecule has 0 bridgehead atoms. The van der Waals surface area contributed by atoms with Gasteiger partial charge in [-0.3, -0.25) is 9.59 Å². The van der Waals surface area contributed by atoms with Gasteiger partial charge in [0.05, 0.1) is 30.2 Å². The minimum absolute atomic E-state index is 0.0570. The maximum absolute atomic E-state index is 13.7. The SMILES string of the molecule is CCN(CC)CCCN1C(=O)c2oc3cc(OC)ccc3c(=O)c2C1c1ccc(OC(C)C)cc1. The molecule has 1 atom stereocenters. The van der Waals surface area contributed by atoms with Gasteiger partial charge in [0, 0.05) is 12.6 Å². The number of carbonyl (C=O) groups excluding carboxylic acids is 1. The normalized spacial score (nSPS) is 15.3. The summed E-state index contributed by atoms with van der Waals surface area (Å²) in [6.07, 6.45) is 0.857. The largest absolute Gasteiger partial charge is 0.497 e. The lowest BCUT2D eigenvalue weighted by Gasteiger charge is -2.27. The molecule has 0 saturated heterocycles. The summed E-state index contributed by atoms with van der Waals surface area (Å²) in [7, 11) is 1.55. The molecule has 0 N–H and O–H groups in total. The van der Waals surface area contributed by atoms with Crippen LogP contribution in [0.15, 0.2) is 51.7 Å². The summed E-state index contributed by atoms with van der Waals surface area (Å²) in [5.74, 6) is 1.18. The van der Waals surface area contributed by atoms with Crippen LogP contribution < -0.4 is 14.9 Å². The first kappa shape index (κ1) is 24.8. The van der Waals surface area contributed by atoms with E-state index in [9.17, 15) is 9.59 Å². The number of amides is 1. The maximum Gasteiger partial charge on any atom is 0.290 e. The molecule has 1 unspecified atom stereocenters. The second-order valence-corrected chi connectivity index (χ2v) is 9.05. The van der Waals surface area contributed by atoms with Crippen LogP contribution in [0.5, 0.6) is 11.5 Å². The minimum atomic E-state index is -0.509. The number of ether oxygens (including phenoxy) is 2. The van der Waals surface area contributed by atoms with E-state index in [2.05, 4.69) is 18.7 Å². The Morgan fingerprint density at radius 3 is 2.34 bits per heavy atom. The highest BCUT2D eigenvalue weighted by molar-refractivity contribution is 5.99. The average molecular weight is 479 g/mol. The average Bonchev–Trinajstić information content (AvgIpc) is 3.13. The standard InChI is InChI=1S/C28H34N2O5/c1-6-29(7-2)15-8-16-30-25(19-9-11-20(12-10-19)34-18(3)4)24-26(31)22-14-13-21(33-5)17-23(22)35-27(24)28(30)32/h9-14,17-18,25H,6-8,15-16H2,1-5H3. The molecule has 186 valence electrons. The Balaban J connectivity index is 1.77. The molecule has 7 heteroatoms. The molecule has 4 rings (SSSR count). The van der Waals surface area contributed by atoms with Gasteiger partial charge in [0.15, 0.2) is 5.43 Å². The van der Waals surface area contributed by atoms with Gasteiger partial charge < -0.3 is 23.7 Å². The number of rotatable bonds is 10. The van der Waals surface area contributed by atoms with Gasteiger partial charge >= 0.3 is 0 Å². The van der Waals surface area contributed by atoms with Crippen molar-refractivity contribution in [1.29, 1.82) is 0 Å². The fraction of sp³-hybridized carbons (Fsp3) is 0.429. The zero-order valence-corrected chi connectivity index (χ0v) is 21.2. The van der Waals surface area contributed by atoms with E-state index in [0.717, 1.165) is 37.4 Å². The fourth-order valence-corrected chi connectivity index (χ4v) is 4.71. The second-order valence-electron chi connectivity index (χ2n) is 9.05. The summed E-state index contributed by atoms with van der Waals surface area (Å²) < 4.78 is 17.1. The van der Waals surface area contributed by atoms with Crippen LogP contribution in [0.3, 0.4) is 0 Å². The molecule has 0 radical (unpaired) electrons. The van der Waals surface area contributed by atoms with Crippen molar-refractivity contribution in [2.75, 3.05) is 33.3 Å². The highest BCUT2D eigenvalue weighted by Gasteiger charge is 2.42. The van der Waals surface area contributed by atoms with Crippen LogP contribution in [0.1, 0.15) is 61.8 Å². The number of benzene rings is 2. The highest BCUT2D eigenvalue weighted by atomic mass is 16.5. The Morgan fingerprint density at radius 1 is 1.03 bits per heavy atom. The van der Waals surface area contributed by atoms with Crippen molar-refractivity contribution in [2.24, 2.45) is 0 Å². The Bertz CT molecular complexity index is 1240. The molecule has 2 heterocycles. The molecule has 1 aromatic heterocycles. The minimum Gasteiger partial charge on any atom is -0.497 e. The van der Waals surface area contributed by atoms with Crippen LogP contribution in [0.2, 0.25) is 0 Å². The molecule has 1 amide bonds. The molecule has 35 heavy (non-hydrogen) atoms. The summed E-state index contributed by atoms with van der Waals surface area (Å²) in [5.41, 5.74) is 1.42. The summed E-state index contributed by atoms with van der Waals surface area (Å²) in [5, 5.41) is 0.437. The molecule has 2 aromatic carbocycles. The van der Waals surface area contributed by atoms with Gasteiger partial charge in [0.2, 0.25) is 5.76 Å². The van der Waals surface area contributed by atoms with Gasteiger partial charge in [0.1, 0.15) is 17.1 Å². The first-order valence-corrected chi connectivity index (χ1v) is 12.3. The van der Waals surface area contributed by atoms with E-state index in [4.69, 9.17) is 13.9 Å². The van der Waals surface area contributed by atoms with Gasteiger partial charge in [-0.25, -0.2) is 0 Å². The van der Waals surface area contributed by atoms with E-state index in [1.54, 1.807) is 30.2 Å². The lowest BCUT2D eigenvalue weighted by molar-refractivity contribution is 0.0720. The topological polar surface area (TPSA) is 72.2 Å². The predicted octanol–water partition coefficient (Wildman–Crippen LogP) is 4.87. The van der Waals surface area contributed by atoms with E-state index in [1.165, 1.54) is 0 Å². The summed E-state index contributed by atoms with van der Waals surface area (Å²) in [6.45, 7) is 11.5. The molecule has 0 fully saturated rings. The van der Waals surface area contributed by atoms with Crippen LogP contribution in [0, 0.1) is 0 Å². The van der Waals surface area contributed by atoms with E-state index in [1.807, 2.05) is 38.1 Å². The number of hydrogen-bond donors (Lipinski definition) is 0. The lowest BCUT2D eigenvalue weighted by atomic mass is 9.98. The van der Waals surface area contributed by atoms with Crippen LogP contribution in [0.4, 0.5) is 0 Å². The Kier molecular flexibility index (Phi) is 7.45.